The Bertz CT molecular complexity index is 345. The van der Waals surface area contributed by atoms with E-state index in [2.05, 4.69) is 0 Å². The summed E-state index contributed by atoms with van der Waals surface area (Å²) in [6, 6.07) is 0. The number of hydrogen-bond donors (Lipinski definition) is 1. The molecule has 0 saturated carbocycles. The predicted molar refractivity (Wildman–Crippen MR) is 86.6 cm³/mol. The summed E-state index contributed by atoms with van der Waals surface area (Å²) in [5.41, 5.74) is 0. The molecule has 0 aromatic rings. The van der Waals surface area contributed by atoms with E-state index in [4.69, 9.17) is 30.1 Å². The normalized spacial score (nSPS) is 39.0. The average Bonchev–Trinajstić information content (AvgIpc) is 2.73. The van der Waals surface area contributed by atoms with E-state index in [1.165, 1.54) is 0 Å². The first kappa shape index (κ1) is 17.5. The molecule has 2 aliphatic heterocycles. The highest BCUT2D eigenvalue weighted by Crippen LogP contribution is 2.51. The first-order chi connectivity index (χ1) is 9.52. The second-order valence-electron chi connectivity index (χ2n) is 4.78. The van der Waals surface area contributed by atoms with Crippen molar-refractivity contribution in [2.24, 2.45) is 5.92 Å². The lowest BCUT2D eigenvalue weighted by Gasteiger charge is -2.23. The fourth-order valence-corrected chi connectivity index (χ4v) is 5.79. The molecule has 0 spiro atoms. The third-order valence-electron chi connectivity index (χ3n) is 3.31. The maximum absolute atomic E-state index is 9.89. The topological polar surface area (TPSA) is 57.2 Å². The largest absolute Gasteiger partial charge is 0.390 e. The SMILES string of the molecule is CC1[C@@H](COP2(=S)OCCSSCCO2)O[C@@H](C)[C@H]1O. The van der Waals surface area contributed by atoms with Crippen molar-refractivity contribution in [1.29, 1.82) is 0 Å². The molecule has 20 heavy (non-hydrogen) atoms. The zero-order valence-corrected chi connectivity index (χ0v) is 14.9. The van der Waals surface area contributed by atoms with Crippen molar-refractivity contribution >= 4 is 40.1 Å². The van der Waals surface area contributed by atoms with E-state index in [0.29, 0.717) is 19.8 Å². The molecule has 9 heteroatoms. The van der Waals surface area contributed by atoms with Crippen LogP contribution in [0.25, 0.3) is 0 Å². The second kappa shape index (κ2) is 8.13. The van der Waals surface area contributed by atoms with Gasteiger partial charge in [-0.05, 0) is 18.7 Å². The zero-order valence-electron chi connectivity index (χ0n) is 11.6. The van der Waals surface area contributed by atoms with Gasteiger partial charge in [-0.3, -0.25) is 0 Å². The first-order valence-corrected chi connectivity index (χ1v) is 11.7. The summed E-state index contributed by atoms with van der Waals surface area (Å²) in [6.07, 6.45) is -0.797. The van der Waals surface area contributed by atoms with Crippen molar-refractivity contribution in [2.45, 2.75) is 32.2 Å². The van der Waals surface area contributed by atoms with Crippen molar-refractivity contribution < 1.29 is 23.4 Å². The molecule has 0 amide bonds. The van der Waals surface area contributed by atoms with Crippen LogP contribution in [0.2, 0.25) is 0 Å². The van der Waals surface area contributed by atoms with E-state index in [1.54, 1.807) is 21.6 Å². The molecule has 0 aromatic carbocycles. The van der Waals surface area contributed by atoms with E-state index < -0.39 is 12.8 Å². The monoisotopic (exact) mass is 360 g/mol. The molecule has 5 nitrogen and oxygen atoms in total. The van der Waals surface area contributed by atoms with Gasteiger partial charge >= 0.3 is 6.72 Å². The van der Waals surface area contributed by atoms with Crippen LogP contribution in [-0.2, 0) is 30.1 Å². The molecular weight excluding hydrogens is 339 g/mol. The summed E-state index contributed by atoms with van der Waals surface area (Å²) < 4.78 is 22.7. The van der Waals surface area contributed by atoms with Crippen molar-refractivity contribution in [3.63, 3.8) is 0 Å². The molecule has 2 aliphatic rings. The smallest absolute Gasteiger partial charge is 0.327 e. The summed E-state index contributed by atoms with van der Waals surface area (Å²) in [7, 11) is 3.51. The van der Waals surface area contributed by atoms with Gasteiger partial charge < -0.3 is 23.4 Å². The van der Waals surface area contributed by atoms with Crippen LogP contribution in [0.15, 0.2) is 0 Å². The number of aliphatic hydroxyl groups excluding tert-OH is 1. The molecule has 1 unspecified atom stereocenters. The Labute approximate surface area is 133 Å². The molecule has 0 bridgehead atoms. The molecule has 118 valence electrons. The van der Waals surface area contributed by atoms with Gasteiger partial charge in [0.25, 0.3) is 0 Å². The van der Waals surface area contributed by atoms with Crippen LogP contribution < -0.4 is 0 Å². The standard InChI is InChI=1S/C11H21O5PS3/c1-8-10(16-9(2)11(8)12)7-15-17(18)13-3-5-19-20-6-4-14-17/h8-12H,3-7H2,1-2H3/t8?,9-,10+,11-/m0/s1. The average molecular weight is 360 g/mol. The Balaban J connectivity index is 1.86. The Hall–Kier alpha value is 1.15. The van der Waals surface area contributed by atoms with Gasteiger partial charge in [-0.1, -0.05) is 28.5 Å². The molecule has 1 N–H and O–H groups in total. The van der Waals surface area contributed by atoms with Crippen LogP contribution >= 0.6 is 28.3 Å². The summed E-state index contributed by atoms with van der Waals surface area (Å²) >= 11 is 5.40. The number of ether oxygens (including phenoxy) is 1. The highest BCUT2D eigenvalue weighted by atomic mass is 33.1. The van der Waals surface area contributed by atoms with Crippen LogP contribution in [-0.4, -0.2) is 54.7 Å². The lowest BCUT2D eigenvalue weighted by molar-refractivity contribution is -0.00153. The van der Waals surface area contributed by atoms with E-state index in [1.807, 2.05) is 13.8 Å². The fraction of sp³-hybridized carbons (Fsp3) is 1.00. The first-order valence-electron chi connectivity index (χ1n) is 6.63. The maximum Gasteiger partial charge on any atom is 0.327 e. The summed E-state index contributed by atoms with van der Waals surface area (Å²) in [5.74, 6) is 1.78. The van der Waals surface area contributed by atoms with Gasteiger partial charge in [0.1, 0.15) is 0 Å². The minimum atomic E-state index is -2.69. The van der Waals surface area contributed by atoms with Gasteiger partial charge in [0.05, 0.1) is 38.1 Å². The van der Waals surface area contributed by atoms with Crippen LogP contribution in [0.3, 0.4) is 0 Å². The molecule has 2 rings (SSSR count). The second-order valence-corrected chi connectivity index (χ2v) is 10.5. The van der Waals surface area contributed by atoms with Crippen molar-refractivity contribution in [3.05, 3.63) is 0 Å². The maximum atomic E-state index is 9.89. The van der Waals surface area contributed by atoms with Crippen LogP contribution in [0.4, 0.5) is 0 Å². The third kappa shape index (κ3) is 4.83. The lowest BCUT2D eigenvalue weighted by atomic mass is 10.00. The molecule has 0 aliphatic carbocycles. The highest BCUT2D eigenvalue weighted by Gasteiger charge is 2.39. The Morgan fingerprint density at radius 2 is 1.85 bits per heavy atom. The molecule has 0 aromatic heterocycles. The summed E-state index contributed by atoms with van der Waals surface area (Å²) in [4.78, 5) is 0. The molecule has 2 fully saturated rings. The van der Waals surface area contributed by atoms with Crippen LogP contribution in [0.1, 0.15) is 13.8 Å². The van der Waals surface area contributed by atoms with Gasteiger partial charge in [0.15, 0.2) is 0 Å². The molecule has 2 heterocycles. The van der Waals surface area contributed by atoms with Gasteiger partial charge in [0.2, 0.25) is 0 Å². The minimum Gasteiger partial charge on any atom is -0.390 e. The van der Waals surface area contributed by atoms with Crippen LogP contribution in [0.5, 0.6) is 0 Å². The van der Waals surface area contributed by atoms with Gasteiger partial charge in [-0.2, -0.15) is 0 Å². The van der Waals surface area contributed by atoms with Crippen molar-refractivity contribution in [3.8, 4) is 0 Å². The fourth-order valence-electron chi connectivity index (χ4n) is 2.08. The zero-order chi connectivity index (χ0) is 14.6. The number of aliphatic hydroxyl groups is 1. The Morgan fingerprint density at radius 1 is 1.25 bits per heavy atom. The van der Waals surface area contributed by atoms with Crippen molar-refractivity contribution in [2.75, 3.05) is 31.3 Å². The van der Waals surface area contributed by atoms with E-state index in [0.717, 1.165) is 11.5 Å². The molecule has 2 saturated heterocycles. The lowest BCUT2D eigenvalue weighted by Crippen LogP contribution is -2.25. The Kier molecular flexibility index (Phi) is 7.11. The highest BCUT2D eigenvalue weighted by molar-refractivity contribution is 8.76. The minimum absolute atomic E-state index is 0.0234. The third-order valence-corrected chi connectivity index (χ3v) is 8.05. The molecular formula is C11H21O5PS3. The predicted octanol–water partition coefficient (Wildman–Crippen LogP) is 2.44. The number of rotatable bonds is 3. The summed E-state index contributed by atoms with van der Waals surface area (Å²) in [5, 5.41) is 9.89. The summed E-state index contributed by atoms with van der Waals surface area (Å²) in [6.45, 7) is 2.51. The van der Waals surface area contributed by atoms with E-state index in [-0.39, 0.29) is 18.1 Å². The molecule has 4 atom stereocenters. The van der Waals surface area contributed by atoms with Crippen LogP contribution in [0, 0.1) is 5.92 Å². The molecule has 0 radical (unpaired) electrons. The number of hydrogen-bond acceptors (Lipinski definition) is 8. The van der Waals surface area contributed by atoms with E-state index >= 15 is 0 Å². The van der Waals surface area contributed by atoms with Gasteiger partial charge in [-0.15, -0.1) is 0 Å². The quantitative estimate of drug-likeness (QED) is 0.608. The Morgan fingerprint density at radius 3 is 2.35 bits per heavy atom. The van der Waals surface area contributed by atoms with Gasteiger partial charge in [-0.25, -0.2) is 0 Å². The van der Waals surface area contributed by atoms with Gasteiger partial charge in [0, 0.05) is 17.4 Å². The van der Waals surface area contributed by atoms with E-state index in [9.17, 15) is 5.11 Å². The van der Waals surface area contributed by atoms with Crippen molar-refractivity contribution in [1.82, 2.24) is 0 Å².